The number of alkyl halides is 3. The molecule has 5 rings (SSSR count). The molecule has 0 atom stereocenters. The van der Waals surface area contributed by atoms with Crippen LogP contribution in [0.3, 0.4) is 0 Å². The van der Waals surface area contributed by atoms with Crippen LogP contribution in [0.5, 0.6) is 11.5 Å². The molecule has 0 N–H and O–H groups in total. The average Bonchev–Trinajstić information content (AvgIpc) is 3.29. The first-order valence-electron chi connectivity index (χ1n) is 12.5. The van der Waals surface area contributed by atoms with Crippen molar-refractivity contribution in [2.75, 3.05) is 0 Å². The van der Waals surface area contributed by atoms with Gasteiger partial charge in [-0.25, -0.2) is 0 Å². The second-order valence-electron chi connectivity index (χ2n) is 9.19. The number of Topliss-reactive ketones (excluding diaryl/α,β-unsaturated/α-hetero) is 1. The summed E-state index contributed by atoms with van der Waals surface area (Å²) in [6.07, 6.45) is -1.62. The molecule has 0 unspecified atom stereocenters. The summed E-state index contributed by atoms with van der Waals surface area (Å²) in [7, 11) is 0. The third kappa shape index (κ3) is 5.97. The van der Waals surface area contributed by atoms with Crippen LogP contribution in [0.25, 0.3) is 16.6 Å². The third-order valence-corrected chi connectivity index (χ3v) is 6.53. The second-order valence-corrected chi connectivity index (χ2v) is 9.19. The van der Waals surface area contributed by atoms with E-state index in [-0.39, 0.29) is 6.42 Å². The van der Waals surface area contributed by atoms with Gasteiger partial charge in [-0.1, -0.05) is 54.6 Å². The van der Waals surface area contributed by atoms with Gasteiger partial charge in [-0.05, 0) is 84.5 Å². The zero-order valence-electron chi connectivity index (χ0n) is 20.6. The van der Waals surface area contributed by atoms with Gasteiger partial charge in [0.2, 0.25) is 5.78 Å². The second kappa shape index (κ2) is 11.0. The first-order chi connectivity index (χ1) is 18.4. The van der Waals surface area contributed by atoms with Gasteiger partial charge in [0.05, 0.1) is 5.52 Å². The van der Waals surface area contributed by atoms with Crippen LogP contribution in [0.15, 0.2) is 109 Å². The number of para-hydroxylation sites is 1. The number of benzene rings is 4. The Hall–Kier alpha value is -4.32. The predicted molar refractivity (Wildman–Crippen MR) is 143 cm³/mol. The highest BCUT2D eigenvalue weighted by atomic mass is 19.4. The fourth-order valence-corrected chi connectivity index (χ4v) is 4.54. The SMILES string of the molecule is O=C(CCc1ccc2c(c1)c(CCc1ccccc1)cn2-c1ccc(Oc2ccccc2)cc1)C(F)(F)F. The molecule has 0 spiro atoms. The molecule has 0 aliphatic carbocycles. The summed E-state index contributed by atoms with van der Waals surface area (Å²) >= 11 is 0. The molecule has 38 heavy (non-hydrogen) atoms. The molecule has 0 bridgehead atoms. The van der Waals surface area contributed by atoms with Gasteiger partial charge in [0.15, 0.2) is 0 Å². The van der Waals surface area contributed by atoms with Crippen molar-refractivity contribution in [3.8, 4) is 17.2 Å². The van der Waals surface area contributed by atoms with Crippen molar-refractivity contribution < 1.29 is 22.7 Å². The van der Waals surface area contributed by atoms with E-state index in [9.17, 15) is 18.0 Å². The Morgan fingerprint density at radius 1 is 0.711 bits per heavy atom. The monoisotopic (exact) mass is 513 g/mol. The maximum absolute atomic E-state index is 12.7. The van der Waals surface area contributed by atoms with E-state index in [0.29, 0.717) is 5.56 Å². The van der Waals surface area contributed by atoms with E-state index in [1.165, 1.54) is 5.56 Å². The third-order valence-electron chi connectivity index (χ3n) is 6.53. The topological polar surface area (TPSA) is 31.2 Å². The molecular weight excluding hydrogens is 487 g/mol. The van der Waals surface area contributed by atoms with Gasteiger partial charge in [-0.3, -0.25) is 4.79 Å². The van der Waals surface area contributed by atoms with Gasteiger partial charge in [-0.2, -0.15) is 13.2 Å². The number of ketones is 1. The summed E-state index contributed by atoms with van der Waals surface area (Å²) < 4.78 is 46.1. The Morgan fingerprint density at radius 3 is 2.05 bits per heavy atom. The number of fused-ring (bicyclic) bond motifs is 1. The average molecular weight is 514 g/mol. The molecule has 0 aliphatic rings. The molecule has 0 aliphatic heterocycles. The number of aromatic nitrogens is 1. The molecule has 0 amide bonds. The highest BCUT2D eigenvalue weighted by molar-refractivity contribution is 5.87. The normalized spacial score (nSPS) is 11.6. The molecule has 0 fully saturated rings. The number of carbonyl (C=O) groups excluding carboxylic acids is 1. The standard InChI is InChI=1S/C32H26F3NO2/c33-32(34,35)31(37)20-13-24-12-19-30-29(21-24)25(14-11-23-7-3-1-4-8-23)22-36(30)26-15-17-28(18-16-26)38-27-9-5-2-6-10-27/h1-10,12,15-19,21-22H,11,13-14,20H2. The van der Waals surface area contributed by atoms with Gasteiger partial charge in [-0.15, -0.1) is 0 Å². The molecule has 0 saturated heterocycles. The molecule has 0 radical (unpaired) electrons. The van der Waals surface area contributed by atoms with Crippen molar-refractivity contribution in [2.24, 2.45) is 0 Å². The molecule has 1 aromatic heterocycles. The number of ether oxygens (including phenoxy) is 1. The Balaban J connectivity index is 1.44. The van der Waals surface area contributed by atoms with Crippen LogP contribution in [-0.2, 0) is 24.1 Å². The minimum atomic E-state index is -4.80. The molecule has 5 aromatic rings. The molecular formula is C32H26F3NO2. The molecule has 6 heteroatoms. The smallest absolute Gasteiger partial charge is 0.449 e. The van der Waals surface area contributed by atoms with Crippen LogP contribution in [-0.4, -0.2) is 16.5 Å². The van der Waals surface area contributed by atoms with Crippen LogP contribution in [0, 0.1) is 0 Å². The lowest BCUT2D eigenvalue weighted by atomic mass is 10.0. The summed E-state index contributed by atoms with van der Waals surface area (Å²) in [5.41, 5.74) is 4.91. The fraction of sp³-hybridized carbons (Fsp3) is 0.156. The van der Waals surface area contributed by atoms with E-state index in [4.69, 9.17) is 4.74 Å². The van der Waals surface area contributed by atoms with Crippen molar-refractivity contribution in [3.63, 3.8) is 0 Å². The summed E-state index contributed by atoms with van der Waals surface area (Å²) in [5, 5.41) is 0.975. The van der Waals surface area contributed by atoms with E-state index in [1.54, 1.807) is 6.07 Å². The first-order valence-corrected chi connectivity index (χ1v) is 12.5. The number of rotatable bonds is 9. The van der Waals surface area contributed by atoms with Crippen molar-refractivity contribution >= 4 is 16.7 Å². The minimum Gasteiger partial charge on any atom is -0.457 e. The Kier molecular flexibility index (Phi) is 7.31. The predicted octanol–water partition coefficient (Wildman–Crippen LogP) is 8.27. The van der Waals surface area contributed by atoms with E-state index >= 15 is 0 Å². The van der Waals surface area contributed by atoms with Gasteiger partial charge in [0.25, 0.3) is 0 Å². The van der Waals surface area contributed by atoms with Gasteiger partial charge in [0, 0.05) is 23.7 Å². The minimum absolute atomic E-state index is 0.0448. The van der Waals surface area contributed by atoms with E-state index in [1.807, 2.05) is 84.9 Å². The lowest BCUT2D eigenvalue weighted by molar-refractivity contribution is -0.171. The molecule has 4 aromatic carbocycles. The Labute approximate surface area is 219 Å². The Morgan fingerprint density at radius 2 is 1.37 bits per heavy atom. The number of aryl methyl sites for hydroxylation is 3. The highest BCUT2D eigenvalue weighted by Crippen LogP contribution is 2.30. The Bertz CT molecular complexity index is 1520. The molecule has 0 saturated carbocycles. The summed E-state index contributed by atoms with van der Waals surface area (Å²) in [5.74, 6) is -0.221. The lowest BCUT2D eigenvalue weighted by Crippen LogP contribution is -2.22. The maximum Gasteiger partial charge on any atom is 0.449 e. The van der Waals surface area contributed by atoms with Crippen molar-refractivity contribution in [2.45, 2.75) is 31.9 Å². The largest absolute Gasteiger partial charge is 0.457 e. The fourth-order valence-electron chi connectivity index (χ4n) is 4.54. The van der Waals surface area contributed by atoms with Gasteiger partial charge in [0.1, 0.15) is 11.5 Å². The number of nitrogens with zero attached hydrogens (tertiary/aromatic N) is 1. The van der Waals surface area contributed by atoms with Crippen molar-refractivity contribution in [3.05, 3.63) is 126 Å². The first kappa shape index (κ1) is 25.3. The number of hydrogen-bond acceptors (Lipinski definition) is 2. The maximum atomic E-state index is 12.7. The van der Waals surface area contributed by atoms with Crippen LogP contribution in [0.4, 0.5) is 13.2 Å². The van der Waals surface area contributed by atoms with Crippen LogP contribution in [0.1, 0.15) is 23.1 Å². The van der Waals surface area contributed by atoms with Gasteiger partial charge >= 0.3 is 6.18 Å². The number of hydrogen-bond donors (Lipinski definition) is 0. The van der Waals surface area contributed by atoms with Crippen LogP contribution >= 0.6 is 0 Å². The molecule has 192 valence electrons. The quantitative estimate of drug-likeness (QED) is 0.199. The van der Waals surface area contributed by atoms with Crippen molar-refractivity contribution in [1.82, 2.24) is 4.57 Å². The highest BCUT2D eigenvalue weighted by Gasteiger charge is 2.37. The summed E-state index contributed by atoms with van der Waals surface area (Å²) in [6, 6.07) is 33.1. The number of carbonyl (C=O) groups is 1. The summed E-state index contributed by atoms with van der Waals surface area (Å²) in [4.78, 5) is 11.4. The van der Waals surface area contributed by atoms with Crippen molar-refractivity contribution in [1.29, 1.82) is 0 Å². The summed E-state index contributed by atoms with van der Waals surface area (Å²) in [6.45, 7) is 0. The molecule has 3 nitrogen and oxygen atoms in total. The zero-order valence-corrected chi connectivity index (χ0v) is 20.6. The van der Waals surface area contributed by atoms with E-state index in [0.717, 1.165) is 46.5 Å². The van der Waals surface area contributed by atoms with E-state index < -0.39 is 18.4 Å². The van der Waals surface area contributed by atoms with E-state index in [2.05, 4.69) is 22.9 Å². The lowest BCUT2D eigenvalue weighted by Gasteiger charge is -2.09. The number of halogens is 3. The zero-order chi connectivity index (χ0) is 26.5. The molecule has 1 heterocycles. The van der Waals surface area contributed by atoms with Gasteiger partial charge < -0.3 is 9.30 Å². The van der Waals surface area contributed by atoms with Crippen LogP contribution in [0.2, 0.25) is 0 Å². The van der Waals surface area contributed by atoms with Crippen LogP contribution < -0.4 is 4.74 Å².